The standard InChI is InChI=1S/C9H7NO3/c11-6-8-2-1-7(5-10-8)9-12-3-4-13-9/h1-6,9H. The number of aldehydes is 1. The van der Waals surface area contributed by atoms with Gasteiger partial charge in [-0.25, -0.2) is 0 Å². The van der Waals surface area contributed by atoms with Crippen LogP contribution in [0.1, 0.15) is 22.3 Å². The van der Waals surface area contributed by atoms with Gasteiger partial charge in [0.15, 0.2) is 6.29 Å². The van der Waals surface area contributed by atoms with E-state index in [1.807, 2.05) is 0 Å². The van der Waals surface area contributed by atoms with Gasteiger partial charge < -0.3 is 9.47 Å². The van der Waals surface area contributed by atoms with Crippen molar-refractivity contribution in [2.75, 3.05) is 0 Å². The van der Waals surface area contributed by atoms with Crippen LogP contribution in [0.2, 0.25) is 0 Å². The first kappa shape index (κ1) is 7.79. The average molecular weight is 177 g/mol. The molecule has 0 N–H and O–H groups in total. The van der Waals surface area contributed by atoms with Crippen molar-refractivity contribution in [3.63, 3.8) is 0 Å². The molecule has 0 spiro atoms. The number of rotatable bonds is 2. The van der Waals surface area contributed by atoms with Crippen LogP contribution in [0.25, 0.3) is 0 Å². The maximum absolute atomic E-state index is 10.3. The molecule has 2 rings (SSSR count). The van der Waals surface area contributed by atoms with E-state index in [1.54, 1.807) is 18.3 Å². The van der Waals surface area contributed by atoms with Gasteiger partial charge in [-0.15, -0.1) is 0 Å². The fraction of sp³-hybridized carbons (Fsp3) is 0.111. The zero-order valence-electron chi connectivity index (χ0n) is 6.71. The molecule has 0 aliphatic carbocycles. The van der Waals surface area contributed by atoms with E-state index in [2.05, 4.69) is 4.98 Å². The Kier molecular flexibility index (Phi) is 1.96. The van der Waals surface area contributed by atoms with Gasteiger partial charge in [-0.3, -0.25) is 9.78 Å². The maximum Gasteiger partial charge on any atom is 0.267 e. The Hall–Kier alpha value is -1.84. The molecule has 2 heterocycles. The molecule has 4 nitrogen and oxygen atoms in total. The van der Waals surface area contributed by atoms with Crippen LogP contribution >= 0.6 is 0 Å². The molecule has 66 valence electrons. The summed E-state index contributed by atoms with van der Waals surface area (Å²) in [5.74, 6) is 0. The van der Waals surface area contributed by atoms with Gasteiger partial charge in [0.05, 0.1) is 5.56 Å². The van der Waals surface area contributed by atoms with E-state index in [0.29, 0.717) is 12.0 Å². The number of nitrogens with zero attached hydrogens (tertiary/aromatic N) is 1. The summed E-state index contributed by atoms with van der Waals surface area (Å²) in [7, 11) is 0. The minimum Gasteiger partial charge on any atom is -0.455 e. The fourth-order valence-corrected chi connectivity index (χ4v) is 1.02. The summed E-state index contributed by atoms with van der Waals surface area (Å²) >= 11 is 0. The molecule has 0 unspecified atom stereocenters. The summed E-state index contributed by atoms with van der Waals surface area (Å²) in [6, 6.07) is 3.36. The second-order valence-electron chi connectivity index (χ2n) is 2.51. The molecule has 0 aromatic carbocycles. The molecular formula is C9H7NO3. The molecule has 0 bridgehead atoms. The zero-order valence-corrected chi connectivity index (χ0v) is 6.71. The van der Waals surface area contributed by atoms with Gasteiger partial charge in [-0.1, -0.05) is 0 Å². The van der Waals surface area contributed by atoms with Crippen LogP contribution in [-0.4, -0.2) is 11.3 Å². The lowest BCUT2D eigenvalue weighted by Crippen LogP contribution is -1.99. The third-order valence-electron chi connectivity index (χ3n) is 1.66. The number of carbonyl (C=O) groups is 1. The van der Waals surface area contributed by atoms with Crippen molar-refractivity contribution in [2.45, 2.75) is 6.29 Å². The molecule has 1 aromatic heterocycles. The normalized spacial score (nSPS) is 15.1. The van der Waals surface area contributed by atoms with Crippen molar-refractivity contribution < 1.29 is 14.3 Å². The minimum absolute atomic E-state index is 0.398. The van der Waals surface area contributed by atoms with Crippen molar-refractivity contribution in [1.82, 2.24) is 4.98 Å². The molecule has 0 radical (unpaired) electrons. The largest absolute Gasteiger partial charge is 0.455 e. The Bertz CT molecular complexity index is 323. The van der Waals surface area contributed by atoms with Gasteiger partial charge in [-0.2, -0.15) is 0 Å². The molecule has 0 amide bonds. The summed E-state index contributed by atoms with van der Waals surface area (Å²) in [6.45, 7) is 0. The van der Waals surface area contributed by atoms with Crippen molar-refractivity contribution in [2.24, 2.45) is 0 Å². The first-order valence-electron chi connectivity index (χ1n) is 3.77. The molecule has 1 aromatic rings. The van der Waals surface area contributed by atoms with E-state index in [4.69, 9.17) is 9.47 Å². The first-order chi connectivity index (χ1) is 6.40. The second kappa shape index (κ2) is 3.26. The molecule has 1 aliphatic heterocycles. The van der Waals surface area contributed by atoms with Gasteiger partial charge in [0, 0.05) is 6.20 Å². The highest BCUT2D eigenvalue weighted by atomic mass is 16.7. The predicted octanol–water partition coefficient (Wildman–Crippen LogP) is 1.41. The molecule has 4 heteroatoms. The molecule has 0 atom stereocenters. The van der Waals surface area contributed by atoms with E-state index in [1.165, 1.54) is 12.5 Å². The SMILES string of the molecule is O=Cc1ccc(C2OC=CO2)cn1. The molecule has 0 saturated heterocycles. The second-order valence-corrected chi connectivity index (χ2v) is 2.51. The van der Waals surface area contributed by atoms with Crippen molar-refractivity contribution in [3.8, 4) is 0 Å². The van der Waals surface area contributed by atoms with Crippen molar-refractivity contribution in [1.29, 1.82) is 0 Å². The minimum atomic E-state index is -0.423. The topological polar surface area (TPSA) is 48.4 Å². The zero-order chi connectivity index (χ0) is 9.10. The van der Waals surface area contributed by atoms with Crippen molar-refractivity contribution in [3.05, 3.63) is 42.1 Å². The number of aromatic nitrogens is 1. The molecule has 0 saturated carbocycles. The van der Waals surface area contributed by atoms with Crippen molar-refractivity contribution >= 4 is 6.29 Å². The lowest BCUT2D eigenvalue weighted by molar-refractivity contribution is -0.0248. The fourth-order valence-electron chi connectivity index (χ4n) is 1.02. The van der Waals surface area contributed by atoms with Crippen LogP contribution in [0, 0.1) is 0 Å². The Morgan fingerprint density at radius 2 is 2.08 bits per heavy atom. The van der Waals surface area contributed by atoms with Crippen LogP contribution < -0.4 is 0 Å². The Morgan fingerprint density at radius 3 is 2.62 bits per heavy atom. The van der Waals surface area contributed by atoms with E-state index in [-0.39, 0.29) is 0 Å². The third kappa shape index (κ3) is 1.51. The Morgan fingerprint density at radius 1 is 1.31 bits per heavy atom. The van der Waals surface area contributed by atoms with Gasteiger partial charge >= 0.3 is 0 Å². The molecular weight excluding hydrogens is 170 g/mol. The van der Waals surface area contributed by atoms with Gasteiger partial charge in [0.1, 0.15) is 18.2 Å². The van der Waals surface area contributed by atoms with Crippen LogP contribution in [0.4, 0.5) is 0 Å². The lowest BCUT2D eigenvalue weighted by atomic mass is 10.2. The highest BCUT2D eigenvalue weighted by Gasteiger charge is 2.15. The van der Waals surface area contributed by atoms with Gasteiger partial charge in [0.2, 0.25) is 0 Å². The summed E-state index contributed by atoms with van der Waals surface area (Å²) < 4.78 is 10.2. The summed E-state index contributed by atoms with van der Waals surface area (Å²) in [4.78, 5) is 14.2. The molecule has 13 heavy (non-hydrogen) atoms. The van der Waals surface area contributed by atoms with Crippen LogP contribution in [0.15, 0.2) is 30.9 Å². The highest BCUT2D eigenvalue weighted by molar-refractivity contribution is 5.71. The Balaban J connectivity index is 2.17. The number of pyridine rings is 1. The highest BCUT2D eigenvalue weighted by Crippen LogP contribution is 2.22. The smallest absolute Gasteiger partial charge is 0.267 e. The summed E-state index contributed by atoms with van der Waals surface area (Å²) in [6.07, 6.45) is 4.77. The summed E-state index contributed by atoms with van der Waals surface area (Å²) in [5.41, 5.74) is 1.19. The van der Waals surface area contributed by atoms with E-state index in [9.17, 15) is 4.79 Å². The molecule has 1 aliphatic rings. The molecule has 0 fully saturated rings. The predicted molar refractivity (Wildman–Crippen MR) is 43.7 cm³/mol. The number of hydrogen-bond acceptors (Lipinski definition) is 4. The first-order valence-corrected chi connectivity index (χ1v) is 3.77. The third-order valence-corrected chi connectivity index (χ3v) is 1.66. The maximum atomic E-state index is 10.3. The summed E-state index contributed by atoms with van der Waals surface area (Å²) in [5, 5.41) is 0. The number of hydrogen-bond donors (Lipinski definition) is 0. The average Bonchev–Trinajstić information content (AvgIpc) is 2.71. The number of carbonyl (C=O) groups excluding carboxylic acids is 1. The monoisotopic (exact) mass is 177 g/mol. The van der Waals surface area contributed by atoms with E-state index in [0.717, 1.165) is 5.56 Å². The van der Waals surface area contributed by atoms with Gasteiger partial charge in [0.25, 0.3) is 6.29 Å². The lowest BCUT2D eigenvalue weighted by Gasteiger charge is -2.09. The van der Waals surface area contributed by atoms with E-state index < -0.39 is 6.29 Å². The quantitative estimate of drug-likeness (QED) is 0.641. The Labute approximate surface area is 74.8 Å². The van der Waals surface area contributed by atoms with E-state index >= 15 is 0 Å². The van der Waals surface area contributed by atoms with Gasteiger partial charge in [-0.05, 0) is 12.1 Å². The van der Waals surface area contributed by atoms with Crippen LogP contribution in [0.3, 0.4) is 0 Å². The van der Waals surface area contributed by atoms with Crippen LogP contribution in [0.5, 0.6) is 0 Å². The van der Waals surface area contributed by atoms with Crippen LogP contribution in [-0.2, 0) is 9.47 Å². The number of ether oxygens (including phenoxy) is 2.